The fourth-order valence-electron chi connectivity index (χ4n) is 1.87. The monoisotopic (exact) mass is 203 g/mol. The Morgan fingerprint density at radius 2 is 2.20 bits per heavy atom. The summed E-state index contributed by atoms with van der Waals surface area (Å²) < 4.78 is 5.64. The summed E-state index contributed by atoms with van der Waals surface area (Å²) in [5.41, 5.74) is 7.34. The van der Waals surface area contributed by atoms with Crippen LogP contribution in [0.25, 0.3) is 11.1 Å². The van der Waals surface area contributed by atoms with Crippen LogP contribution in [-0.4, -0.2) is 24.6 Å². The van der Waals surface area contributed by atoms with Gasteiger partial charge >= 0.3 is 0 Å². The third-order valence-corrected chi connectivity index (χ3v) is 2.84. The lowest BCUT2D eigenvalue weighted by molar-refractivity contribution is 0.388. The molecule has 0 bridgehead atoms. The topological polar surface area (TPSA) is 55.3 Å². The van der Waals surface area contributed by atoms with Gasteiger partial charge in [-0.25, -0.2) is 0 Å². The number of aromatic nitrogens is 1. The largest absolute Gasteiger partial charge is 0.423 e. The molecule has 1 aromatic carbocycles. The minimum absolute atomic E-state index is 0.597. The summed E-state index contributed by atoms with van der Waals surface area (Å²) in [5, 5.41) is 0. The van der Waals surface area contributed by atoms with Gasteiger partial charge in [-0.3, -0.25) is 0 Å². The molecule has 4 heteroatoms. The van der Waals surface area contributed by atoms with Crippen LogP contribution in [0, 0.1) is 5.92 Å². The number of anilines is 1. The molecule has 78 valence electrons. The summed E-state index contributed by atoms with van der Waals surface area (Å²) in [6.07, 6.45) is 0. The highest BCUT2D eigenvalue weighted by atomic mass is 16.4. The Balaban J connectivity index is 1.87. The van der Waals surface area contributed by atoms with Crippen molar-refractivity contribution < 1.29 is 4.42 Å². The molecule has 1 aliphatic rings. The molecular weight excluding hydrogens is 190 g/mol. The zero-order chi connectivity index (χ0) is 10.3. The van der Waals surface area contributed by atoms with E-state index in [-0.39, 0.29) is 0 Å². The summed E-state index contributed by atoms with van der Waals surface area (Å²) in [6.45, 7) is 2.67. The highest BCUT2D eigenvalue weighted by Gasteiger charge is 2.28. The normalized spacial score (nSPS) is 17.0. The van der Waals surface area contributed by atoms with E-state index in [9.17, 15) is 0 Å². The number of nitrogens with zero attached hydrogens (tertiary/aromatic N) is 2. The zero-order valence-electron chi connectivity index (χ0n) is 8.39. The van der Waals surface area contributed by atoms with Crippen molar-refractivity contribution in [3.63, 3.8) is 0 Å². The van der Waals surface area contributed by atoms with E-state index in [1.165, 1.54) is 0 Å². The summed E-state index contributed by atoms with van der Waals surface area (Å²) in [6, 6.07) is 8.54. The molecule has 1 aliphatic heterocycles. The third kappa shape index (κ3) is 1.37. The van der Waals surface area contributed by atoms with Gasteiger partial charge in [0.15, 0.2) is 5.58 Å². The Morgan fingerprint density at radius 3 is 2.93 bits per heavy atom. The number of benzene rings is 1. The molecule has 1 saturated heterocycles. The molecule has 2 heterocycles. The maximum Gasteiger partial charge on any atom is 0.298 e. The Bertz CT molecular complexity index is 440. The molecule has 0 amide bonds. The van der Waals surface area contributed by atoms with Gasteiger partial charge in [-0.1, -0.05) is 12.1 Å². The number of nitrogens with two attached hydrogens (primary N) is 1. The first-order valence-electron chi connectivity index (χ1n) is 5.17. The lowest BCUT2D eigenvalue weighted by atomic mass is 10.0. The van der Waals surface area contributed by atoms with Crippen LogP contribution < -0.4 is 10.6 Å². The smallest absolute Gasteiger partial charge is 0.298 e. The molecule has 2 aromatic rings. The first kappa shape index (κ1) is 8.73. The molecule has 1 fully saturated rings. The van der Waals surface area contributed by atoms with Crippen LogP contribution in [0.2, 0.25) is 0 Å². The van der Waals surface area contributed by atoms with Gasteiger partial charge in [0.05, 0.1) is 0 Å². The predicted molar refractivity (Wildman–Crippen MR) is 58.8 cm³/mol. The van der Waals surface area contributed by atoms with E-state index in [1.807, 2.05) is 24.3 Å². The summed E-state index contributed by atoms with van der Waals surface area (Å²) >= 11 is 0. The number of hydrogen-bond acceptors (Lipinski definition) is 4. The first-order chi connectivity index (χ1) is 7.36. The van der Waals surface area contributed by atoms with E-state index >= 15 is 0 Å². The summed E-state index contributed by atoms with van der Waals surface area (Å²) in [4.78, 5) is 6.54. The van der Waals surface area contributed by atoms with Crippen molar-refractivity contribution in [3.8, 4) is 0 Å². The molecule has 3 rings (SSSR count). The quantitative estimate of drug-likeness (QED) is 0.797. The highest BCUT2D eigenvalue weighted by molar-refractivity contribution is 5.74. The third-order valence-electron chi connectivity index (χ3n) is 2.84. The van der Waals surface area contributed by atoms with Crippen molar-refractivity contribution in [1.82, 2.24) is 4.98 Å². The van der Waals surface area contributed by atoms with Gasteiger partial charge in [0.2, 0.25) is 0 Å². The summed E-state index contributed by atoms with van der Waals surface area (Å²) in [5.74, 6) is 0.597. The fourth-order valence-corrected chi connectivity index (χ4v) is 1.87. The standard InChI is InChI=1S/C11H13N3O/c12-5-8-6-14(7-8)11-13-9-3-1-2-4-10(9)15-11/h1-4,8H,5-7,12H2. The van der Waals surface area contributed by atoms with Gasteiger partial charge < -0.3 is 15.1 Å². The molecule has 0 unspecified atom stereocenters. The van der Waals surface area contributed by atoms with Crippen molar-refractivity contribution in [3.05, 3.63) is 24.3 Å². The predicted octanol–water partition coefficient (Wildman–Crippen LogP) is 1.22. The Morgan fingerprint density at radius 1 is 1.40 bits per heavy atom. The molecule has 0 aliphatic carbocycles. The van der Waals surface area contributed by atoms with E-state index in [0.717, 1.165) is 36.7 Å². The van der Waals surface area contributed by atoms with Crippen molar-refractivity contribution in [2.45, 2.75) is 0 Å². The lowest BCUT2D eigenvalue weighted by Crippen LogP contribution is -2.50. The van der Waals surface area contributed by atoms with Gasteiger partial charge in [-0.05, 0) is 18.7 Å². The highest BCUT2D eigenvalue weighted by Crippen LogP contribution is 2.26. The van der Waals surface area contributed by atoms with Crippen LogP contribution >= 0.6 is 0 Å². The average molecular weight is 203 g/mol. The van der Waals surface area contributed by atoms with Gasteiger partial charge in [0.1, 0.15) is 5.52 Å². The lowest BCUT2D eigenvalue weighted by Gasteiger charge is -2.37. The van der Waals surface area contributed by atoms with Crippen LogP contribution in [-0.2, 0) is 0 Å². The average Bonchev–Trinajstić information content (AvgIpc) is 2.59. The van der Waals surface area contributed by atoms with Gasteiger partial charge in [-0.15, -0.1) is 0 Å². The number of rotatable bonds is 2. The van der Waals surface area contributed by atoms with Crippen LogP contribution in [0.15, 0.2) is 28.7 Å². The number of hydrogen-bond donors (Lipinski definition) is 1. The van der Waals surface area contributed by atoms with Crippen molar-refractivity contribution >= 4 is 17.1 Å². The second-order valence-corrected chi connectivity index (χ2v) is 3.97. The van der Waals surface area contributed by atoms with Crippen molar-refractivity contribution in [2.24, 2.45) is 11.7 Å². The van der Waals surface area contributed by atoms with Gasteiger partial charge in [0, 0.05) is 19.0 Å². The van der Waals surface area contributed by atoms with Gasteiger partial charge in [0.25, 0.3) is 6.01 Å². The molecule has 15 heavy (non-hydrogen) atoms. The van der Waals surface area contributed by atoms with E-state index < -0.39 is 0 Å². The fraction of sp³-hybridized carbons (Fsp3) is 0.364. The summed E-state index contributed by atoms with van der Waals surface area (Å²) in [7, 11) is 0. The van der Waals surface area contributed by atoms with E-state index in [4.69, 9.17) is 10.2 Å². The number of fused-ring (bicyclic) bond motifs is 1. The zero-order valence-corrected chi connectivity index (χ0v) is 8.39. The molecular formula is C11H13N3O. The van der Waals surface area contributed by atoms with E-state index in [2.05, 4.69) is 9.88 Å². The maximum absolute atomic E-state index is 5.64. The Labute approximate surface area is 87.7 Å². The molecule has 4 nitrogen and oxygen atoms in total. The van der Waals surface area contributed by atoms with Crippen LogP contribution in [0.5, 0.6) is 0 Å². The Hall–Kier alpha value is -1.55. The first-order valence-corrected chi connectivity index (χ1v) is 5.17. The van der Waals surface area contributed by atoms with Crippen LogP contribution in [0.3, 0.4) is 0 Å². The molecule has 0 saturated carbocycles. The second-order valence-electron chi connectivity index (χ2n) is 3.97. The van der Waals surface area contributed by atoms with E-state index in [1.54, 1.807) is 0 Å². The van der Waals surface area contributed by atoms with Crippen LogP contribution in [0.1, 0.15) is 0 Å². The molecule has 0 spiro atoms. The van der Waals surface area contributed by atoms with Crippen molar-refractivity contribution in [1.29, 1.82) is 0 Å². The van der Waals surface area contributed by atoms with Crippen LogP contribution in [0.4, 0.5) is 6.01 Å². The number of oxazole rings is 1. The SMILES string of the molecule is NCC1CN(c2nc3ccccc3o2)C1. The number of para-hydroxylation sites is 2. The maximum atomic E-state index is 5.64. The molecule has 0 radical (unpaired) electrons. The van der Waals surface area contributed by atoms with E-state index in [0.29, 0.717) is 5.92 Å². The molecule has 1 aromatic heterocycles. The second kappa shape index (κ2) is 3.24. The minimum Gasteiger partial charge on any atom is -0.423 e. The minimum atomic E-state index is 0.597. The molecule has 2 N–H and O–H groups in total. The van der Waals surface area contributed by atoms with Gasteiger partial charge in [-0.2, -0.15) is 4.98 Å². The molecule has 0 atom stereocenters. The van der Waals surface area contributed by atoms with Crippen molar-refractivity contribution in [2.75, 3.05) is 24.5 Å². The Kier molecular flexibility index (Phi) is 1.89.